The van der Waals surface area contributed by atoms with Crippen LogP contribution in [0.1, 0.15) is 52.0 Å². The van der Waals surface area contributed by atoms with E-state index in [1.165, 1.54) is 4.90 Å². The van der Waals surface area contributed by atoms with E-state index in [0.717, 1.165) is 16.3 Å². The van der Waals surface area contributed by atoms with Crippen LogP contribution in [0, 0.1) is 0 Å². The molecule has 0 atom stereocenters. The molecule has 0 unspecified atom stereocenters. The molecule has 1 aliphatic heterocycles. The topological polar surface area (TPSA) is 116 Å². The second kappa shape index (κ2) is 10.6. The molecule has 0 radical (unpaired) electrons. The van der Waals surface area contributed by atoms with Gasteiger partial charge in [-0.1, -0.05) is 55.0 Å². The molecule has 1 heterocycles. The normalized spacial score (nSPS) is 12.8. The van der Waals surface area contributed by atoms with Crippen molar-refractivity contribution in [2.24, 2.45) is 0 Å². The molecule has 1 aliphatic rings. The van der Waals surface area contributed by atoms with Gasteiger partial charge >= 0.3 is 7.12 Å². The first-order chi connectivity index (χ1) is 16.5. The van der Waals surface area contributed by atoms with Gasteiger partial charge in [0.15, 0.2) is 0 Å². The van der Waals surface area contributed by atoms with Gasteiger partial charge in [-0.15, -0.1) is 0 Å². The van der Waals surface area contributed by atoms with Gasteiger partial charge in [0.05, 0.1) is 6.61 Å². The average Bonchev–Trinajstić information content (AvgIpc) is 2.84. The Morgan fingerprint density at radius 1 is 0.882 bits per heavy atom. The maximum absolute atomic E-state index is 12.9. The summed E-state index contributed by atoms with van der Waals surface area (Å²) in [5, 5.41) is 19.8. The van der Waals surface area contributed by atoms with Crippen molar-refractivity contribution in [3.05, 3.63) is 77.4 Å². The summed E-state index contributed by atoms with van der Waals surface area (Å²) in [4.78, 5) is 44.2. The number of rotatable bonds is 10. The Labute approximate surface area is 197 Å². The van der Waals surface area contributed by atoms with Crippen LogP contribution in [0.25, 0.3) is 10.8 Å². The van der Waals surface area contributed by atoms with Crippen molar-refractivity contribution in [1.29, 1.82) is 0 Å². The van der Waals surface area contributed by atoms with Crippen molar-refractivity contribution in [2.75, 3.05) is 6.54 Å². The van der Waals surface area contributed by atoms with E-state index in [9.17, 15) is 14.4 Å². The molecule has 0 spiro atoms. The number of hydrogen-bond acceptors (Lipinski definition) is 6. The molecule has 0 bridgehead atoms. The van der Waals surface area contributed by atoms with Gasteiger partial charge in [-0.2, -0.15) is 0 Å². The molecule has 3 aromatic rings. The predicted molar refractivity (Wildman–Crippen MR) is 127 cm³/mol. The van der Waals surface area contributed by atoms with Crippen molar-refractivity contribution in [1.82, 2.24) is 10.4 Å². The number of carbonyl (C=O) groups is 3. The van der Waals surface area contributed by atoms with E-state index in [-0.39, 0.29) is 30.7 Å². The molecule has 4 rings (SSSR count). The lowest BCUT2D eigenvalue weighted by atomic mass is 9.80. The van der Waals surface area contributed by atoms with E-state index in [2.05, 4.69) is 5.48 Å². The highest BCUT2D eigenvalue weighted by Gasteiger charge is 2.32. The molecular formula is C25H25BN2O6. The van der Waals surface area contributed by atoms with Crippen molar-refractivity contribution in [3.8, 4) is 0 Å². The van der Waals surface area contributed by atoms with Gasteiger partial charge in [-0.05, 0) is 41.4 Å². The summed E-state index contributed by atoms with van der Waals surface area (Å²) in [6.07, 6.45) is 2.15. The summed E-state index contributed by atoms with van der Waals surface area (Å²) in [5.41, 5.74) is 4.64. The zero-order valence-corrected chi connectivity index (χ0v) is 18.6. The Kier molecular flexibility index (Phi) is 7.37. The summed E-state index contributed by atoms with van der Waals surface area (Å²) in [5.74, 6) is -0.808. The monoisotopic (exact) mass is 460 g/mol. The van der Waals surface area contributed by atoms with Crippen LogP contribution in [-0.4, -0.2) is 46.3 Å². The lowest BCUT2D eigenvalue weighted by Crippen LogP contribution is -2.40. The van der Waals surface area contributed by atoms with Gasteiger partial charge in [0.1, 0.15) is 0 Å². The Hall–Kier alpha value is -3.53. The van der Waals surface area contributed by atoms with E-state index < -0.39 is 7.12 Å². The highest BCUT2D eigenvalue weighted by atomic mass is 16.6. The zero-order valence-electron chi connectivity index (χ0n) is 18.6. The number of amides is 3. The van der Waals surface area contributed by atoms with Crippen molar-refractivity contribution < 1.29 is 29.3 Å². The third-order valence-corrected chi connectivity index (χ3v) is 5.84. The summed E-state index contributed by atoms with van der Waals surface area (Å²) in [6.45, 7) is 0.458. The van der Waals surface area contributed by atoms with Gasteiger partial charge in [-0.25, -0.2) is 5.48 Å². The van der Waals surface area contributed by atoms with Crippen LogP contribution in [0.2, 0.25) is 0 Å². The smallest absolute Gasteiger partial charge is 0.423 e. The van der Waals surface area contributed by atoms with Crippen molar-refractivity contribution >= 4 is 41.1 Å². The molecule has 8 nitrogen and oxygen atoms in total. The number of hydrogen-bond donors (Lipinski definition) is 3. The van der Waals surface area contributed by atoms with Crippen LogP contribution < -0.4 is 10.9 Å². The highest BCUT2D eigenvalue weighted by molar-refractivity contribution is 6.58. The summed E-state index contributed by atoms with van der Waals surface area (Å²) in [6, 6.07) is 17.4. The third-order valence-electron chi connectivity index (χ3n) is 5.84. The summed E-state index contributed by atoms with van der Waals surface area (Å²) in [7, 11) is -1.52. The van der Waals surface area contributed by atoms with Crippen molar-refractivity contribution in [2.45, 2.75) is 32.3 Å². The third kappa shape index (κ3) is 5.17. The van der Waals surface area contributed by atoms with Crippen LogP contribution in [-0.2, 0) is 16.2 Å². The fraction of sp³-hybridized carbons (Fsp3) is 0.240. The van der Waals surface area contributed by atoms with Crippen LogP contribution in [0.4, 0.5) is 0 Å². The Bertz CT molecular complexity index is 1160. The summed E-state index contributed by atoms with van der Waals surface area (Å²) >= 11 is 0. The van der Waals surface area contributed by atoms with Crippen LogP contribution >= 0.6 is 0 Å². The number of nitrogens with zero attached hydrogens (tertiary/aromatic N) is 1. The maximum atomic E-state index is 12.9. The van der Waals surface area contributed by atoms with Gasteiger partial charge < -0.3 is 10.0 Å². The second-order valence-corrected chi connectivity index (χ2v) is 8.21. The predicted octanol–water partition coefficient (Wildman–Crippen LogP) is 1.92. The van der Waals surface area contributed by atoms with Gasteiger partial charge in [0, 0.05) is 29.5 Å². The minimum Gasteiger partial charge on any atom is -0.423 e. The number of hydroxylamine groups is 1. The highest BCUT2D eigenvalue weighted by Crippen LogP contribution is 2.30. The Morgan fingerprint density at radius 3 is 2.15 bits per heavy atom. The fourth-order valence-electron chi connectivity index (χ4n) is 4.05. The first-order valence-electron chi connectivity index (χ1n) is 11.2. The summed E-state index contributed by atoms with van der Waals surface area (Å²) < 4.78 is 0. The van der Waals surface area contributed by atoms with Crippen molar-refractivity contribution in [3.63, 3.8) is 0 Å². The fourth-order valence-corrected chi connectivity index (χ4v) is 4.05. The number of benzene rings is 3. The largest absolute Gasteiger partial charge is 0.488 e. The molecule has 0 aromatic heterocycles. The van der Waals surface area contributed by atoms with E-state index in [0.29, 0.717) is 42.4 Å². The van der Waals surface area contributed by atoms with E-state index in [1.807, 2.05) is 24.3 Å². The zero-order chi connectivity index (χ0) is 24.1. The first kappa shape index (κ1) is 23.6. The molecule has 0 fully saturated rings. The van der Waals surface area contributed by atoms with Gasteiger partial charge in [0.2, 0.25) is 5.91 Å². The Morgan fingerprint density at radius 2 is 1.53 bits per heavy atom. The van der Waals surface area contributed by atoms with Gasteiger partial charge in [-0.3, -0.25) is 24.1 Å². The van der Waals surface area contributed by atoms with E-state index in [4.69, 9.17) is 14.9 Å². The number of nitrogens with one attached hydrogen (secondary N) is 1. The molecule has 3 N–H and O–H groups in total. The molecule has 34 heavy (non-hydrogen) atoms. The number of carbonyl (C=O) groups excluding carboxylic acids is 3. The lowest BCUT2D eigenvalue weighted by molar-refractivity contribution is -0.134. The van der Waals surface area contributed by atoms with Crippen LogP contribution in [0.5, 0.6) is 0 Å². The first-order valence-corrected chi connectivity index (χ1v) is 11.2. The molecule has 3 aromatic carbocycles. The standard InChI is InChI=1S/C25H25BN2O6/c29-22(27-34-16-17-11-13-19(14-12-17)26(32)33)10-2-1-3-15-28-24(30)20-8-4-6-18-7-5-9-21(23(18)20)25(28)31/h4-9,11-14,32-33H,1-3,10,15-16H2,(H,27,29). The minimum atomic E-state index is -1.52. The SMILES string of the molecule is O=C(CCCCCN1C(=O)c2cccc3cccc(c23)C1=O)NOCc1ccc(B(O)O)cc1. The second-order valence-electron chi connectivity index (χ2n) is 8.21. The molecule has 0 saturated heterocycles. The molecular weight excluding hydrogens is 435 g/mol. The molecule has 0 aliphatic carbocycles. The minimum absolute atomic E-state index is 0.154. The van der Waals surface area contributed by atoms with Crippen LogP contribution in [0.15, 0.2) is 60.7 Å². The van der Waals surface area contributed by atoms with E-state index in [1.54, 1.807) is 36.4 Å². The Balaban J connectivity index is 1.18. The quantitative estimate of drug-likeness (QED) is 0.184. The molecule has 3 amide bonds. The van der Waals surface area contributed by atoms with E-state index >= 15 is 0 Å². The maximum Gasteiger partial charge on any atom is 0.488 e. The van der Waals surface area contributed by atoms with Crippen LogP contribution in [0.3, 0.4) is 0 Å². The molecule has 174 valence electrons. The molecule has 0 saturated carbocycles. The number of imide groups is 1. The molecule has 9 heteroatoms. The average molecular weight is 460 g/mol. The van der Waals surface area contributed by atoms with Gasteiger partial charge in [0.25, 0.3) is 11.8 Å². The lowest BCUT2D eigenvalue weighted by Gasteiger charge is -2.27. The number of unbranched alkanes of at least 4 members (excludes halogenated alkanes) is 2.